The van der Waals surface area contributed by atoms with Gasteiger partial charge in [-0.05, 0) is 35.9 Å². The molecule has 1 N–H and O–H groups in total. The number of thiazole rings is 1. The SMILES string of the molecule is O=C(COc1ccc(Cl)cc1Cl)Nc1ncc(Cc2cccc(Cl)c2)s1. The Labute approximate surface area is 169 Å². The van der Waals surface area contributed by atoms with Crippen LogP contribution in [0.2, 0.25) is 15.1 Å². The second-order valence-corrected chi connectivity index (χ2v) is 7.75. The fourth-order valence-electron chi connectivity index (χ4n) is 2.19. The lowest BCUT2D eigenvalue weighted by Gasteiger charge is -2.07. The van der Waals surface area contributed by atoms with E-state index in [1.807, 2.05) is 24.3 Å². The molecule has 0 atom stereocenters. The number of hydrogen-bond acceptors (Lipinski definition) is 4. The number of amides is 1. The molecule has 2 aromatic carbocycles. The third-order valence-electron chi connectivity index (χ3n) is 3.32. The third kappa shape index (κ3) is 5.35. The largest absolute Gasteiger partial charge is 0.482 e. The van der Waals surface area contributed by atoms with Crippen molar-refractivity contribution in [1.29, 1.82) is 0 Å². The maximum absolute atomic E-state index is 12.0. The number of ether oxygens (including phenoxy) is 1. The number of nitrogens with one attached hydrogen (secondary N) is 1. The van der Waals surface area contributed by atoms with E-state index < -0.39 is 0 Å². The smallest absolute Gasteiger partial charge is 0.264 e. The number of anilines is 1. The Kier molecular flexibility index (Phi) is 6.38. The monoisotopic (exact) mass is 426 g/mol. The van der Waals surface area contributed by atoms with Gasteiger partial charge in [0.15, 0.2) is 11.7 Å². The van der Waals surface area contributed by atoms with E-state index in [0.29, 0.717) is 32.4 Å². The highest BCUT2D eigenvalue weighted by Gasteiger charge is 2.10. The van der Waals surface area contributed by atoms with Gasteiger partial charge in [-0.15, -0.1) is 11.3 Å². The summed E-state index contributed by atoms with van der Waals surface area (Å²) in [6, 6.07) is 12.4. The standard InChI is InChI=1S/C18H13Cl3N2O2S/c19-12-3-1-2-11(6-12)7-14-9-22-18(26-14)23-17(24)10-25-16-5-4-13(20)8-15(16)21/h1-6,8-9H,7,10H2,(H,22,23,24). The van der Waals surface area contributed by atoms with Gasteiger partial charge in [0.25, 0.3) is 5.91 Å². The molecule has 0 aliphatic carbocycles. The van der Waals surface area contributed by atoms with Crippen molar-refractivity contribution in [2.45, 2.75) is 6.42 Å². The van der Waals surface area contributed by atoms with Crippen LogP contribution in [0.4, 0.5) is 5.13 Å². The Morgan fingerprint density at radius 1 is 1.12 bits per heavy atom. The zero-order valence-corrected chi connectivity index (χ0v) is 16.4. The van der Waals surface area contributed by atoms with Crippen LogP contribution in [-0.2, 0) is 11.2 Å². The molecule has 1 heterocycles. The number of carbonyl (C=O) groups excluding carboxylic acids is 1. The fraction of sp³-hybridized carbons (Fsp3) is 0.111. The van der Waals surface area contributed by atoms with Crippen LogP contribution >= 0.6 is 46.1 Å². The molecule has 26 heavy (non-hydrogen) atoms. The number of carbonyl (C=O) groups is 1. The molecule has 0 saturated carbocycles. The molecule has 0 aliphatic rings. The molecular formula is C18H13Cl3N2O2S. The Bertz CT molecular complexity index is 930. The molecule has 0 bridgehead atoms. The lowest BCUT2D eigenvalue weighted by Crippen LogP contribution is -2.20. The summed E-state index contributed by atoms with van der Waals surface area (Å²) in [5.74, 6) is 0.0756. The summed E-state index contributed by atoms with van der Waals surface area (Å²) >= 11 is 19.2. The van der Waals surface area contributed by atoms with Crippen molar-refractivity contribution in [2.24, 2.45) is 0 Å². The predicted octanol–water partition coefficient (Wildman–Crippen LogP) is 5.71. The van der Waals surface area contributed by atoms with Gasteiger partial charge in [-0.1, -0.05) is 46.9 Å². The summed E-state index contributed by atoms with van der Waals surface area (Å²) in [6.45, 7) is -0.176. The molecule has 0 fully saturated rings. The van der Waals surface area contributed by atoms with Crippen LogP contribution in [0.3, 0.4) is 0 Å². The van der Waals surface area contributed by atoms with Crippen molar-refractivity contribution in [2.75, 3.05) is 11.9 Å². The van der Waals surface area contributed by atoms with E-state index in [9.17, 15) is 4.79 Å². The quantitative estimate of drug-likeness (QED) is 0.548. The molecule has 3 rings (SSSR count). The number of benzene rings is 2. The van der Waals surface area contributed by atoms with Gasteiger partial charge >= 0.3 is 0 Å². The van der Waals surface area contributed by atoms with Crippen molar-refractivity contribution in [1.82, 2.24) is 4.98 Å². The average molecular weight is 428 g/mol. The first kappa shape index (κ1) is 19.0. The van der Waals surface area contributed by atoms with Crippen molar-refractivity contribution < 1.29 is 9.53 Å². The van der Waals surface area contributed by atoms with Crippen molar-refractivity contribution in [3.05, 3.63) is 74.2 Å². The second-order valence-electron chi connectivity index (χ2n) is 5.35. The Morgan fingerprint density at radius 3 is 2.69 bits per heavy atom. The predicted molar refractivity (Wildman–Crippen MR) is 107 cm³/mol. The van der Waals surface area contributed by atoms with Gasteiger partial charge in [-0.2, -0.15) is 0 Å². The lowest BCUT2D eigenvalue weighted by molar-refractivity contribution is -0.118. The van der Waals surface area contributed by atoms with Gasteiger partial charge in [-0.3, -0.25) is 10.1 Å². The average Bonchev–Trinajstić information content (AvgIpc) is 3.01. The van der Waals surface area contributed by atoms with Crippen LogP contribution in [0, 0.1) is 0 Å². The first-order valence-corrected chi connectivity index (χ1v) is 9.51. The van der Waals surface area contributed by atoms with Crippen molar-refractivity contribution in [3.63, 3.8) is 0 Å². The molecule has 0 aliphatic heterocycles. The number of hydrogen-bond donors (Lipinski definition) is 1. The molecule has 4 nitrogen and oxygen atoms in total. The van der Waals surface area contributed by atoms with Crippen LogP contribution < -0.4 is 10.1 Å². The summed E-state index contributed by atoms with van der Waals surface area (Å²) in [5, 5.41) is 4.77. The second kappa shape index (κ2) is 8.73. The van der Waals surface area contributed by atoms with Crippen molar-refractivity contribution >= 4 is 57.2 Å². The molecule has 134 valence electrons. The Hall–Kier alpha value is -1.79. The number of rotatable bonds is 6. The van der Waals surface area contributed by atoms with E-state index in [4.69, 9.17) is 39.5 Å². The number of nitrogens with zero attached hydrogens (tertiary/aromatic N) is 1. The van der Waals surface area contributed by atoms with Gasteiger partial charge in [-0.25, -0.2) is 4.98 Å². The van der Waals surface area contributed by atoms with Crippen LogP contribution in [0.1, 0.15) is 10.4 Å². The maximum atomic E-state index is 12.0. The topological polar surface area (TPSA) is 51.2 Å². The van der Waals surface area contributed by atoms with Crippen LogP contribution in [0.15, 0.2) is 48.7 Å². The minimum Gasteiger partial charge on any atom is -0.482 e. The molecule has 0 spiro atoms. The first-order chi connectivity index (χ1) is 12.5. The third-order valence-corrected chi connectivity index (χ3v) is 5.00. The molecule has 0 saturated heterocycles. The highest BCUT2D eigenvalue weighted by Crippen LogP contribution is 2.27. The number of aromatic nitrogens is 1. The Morgan fingerprint density at radius 2 is 1.92 bits per heavy atom. The molecule has 1 aromatic heterocycles. The molecule has 3 aromatic rings. The van der Waals surface area contributed by atoms with Crippen molar-refractivity contribution in [3.8, 4) is 5.75 Å². The van der Waals surface area contributed by atoms with Crippen LogP contribution in [0.5, 0.6) is 5.75 Å². The molecule has 0 radical (unpaired) electrons. The van der Waals surface area contributed by atoms with Gasteiger partial charge in [0, 0.05) is 27.5 Å². The summed E-state index contributed by atoms with van der Waals surface area (Å²) in [7, 11) is 0. The highest BCUT2D eigenvalue weighted by molar-refractivity contribution is 7.15. The molecule has 0 unspecified atom stereocenters. The summed E-state index contributed by atoms with van der Waals surface area (Å²) in [5.41, 5.74) is 1.08. The van der Waals surface area contributed by atoms with Crippen LogP contribution in [-0.4, -0.2) is 17.5 Å². The van der Waals surface area contributed by atoms with E-state index >= 15 is 0 Å². The summed E-state index contributed by atoms with van der Waals surface area (Å²) < 4.78 is 5.40. The first-order valence-electron chi connectivity index (χ1n) is 7.56. The van der Waals surface area contributed by atoms with E-state index in [1.165, 1.54) is 11.3 Å². The van der Waals surface area contributed by atoms with E-state index in [0.717, 1.165) is 10.4 Å². The number of halogens is 3. The van der Waals surface area contributed by atoms with Gasteiger partial charge in [0.05, 0.1) is 5.02 Å². The lowest BCUT2D eigenvalue weighted by atomic mass is 10.1. The normalized spacial score (nSPS) is 10.6. The van der Waals surface area contributed by atoms with E-state index in [2.05, 4.69) is 10.3 Å². The van der Waals surface area contributed by atoms with E-state index in [1.54, 1.807) is 24.4 Å². The highest BCUT2D eigenvalue weighted by atomic mass is 35.5. The van der Waals surface area contributed by atoms with Gasteiger partial charge < -0.3 is 4.74 Å². The molecule has 1 amide bonds. The Balaban J connectivity index is 1.54. The summed E-state index contributed by atoms with van der Waals surface area (Å²) in [4.78, 5) is 17.3. The molecule has 8 heteroatoms. The van der Waals surface area contributed by atoms with Gasteiger partial charge in [0.2, 0.25) is 0 Å². The van der Waals surface area contributed by atoms with Crippen LogP contribution in [0.25, 0.3) is 0 Å². The van der Waals surface area contributed by atoms with Gasteiger partial charge in [0.1, 0.15) is 5.75 Å². The minimum atomic E-state index is -0.320. The zero-order chi connectivity index (χ0) is 18.5. The summed E-state index contributed by atoms with van der Waals surface area (Å²) in [6.07, 6.45) is 2.43. The maximum Gasteiger partial charge on any atom is 0.264 e. The molecular weight excluding hydrogens is 415 g/mol. The minimum absolute atomic E-state index is 0.176. The van der Waals surface area contributed by atoms with E-state index in [-0.39, 0.29) is 12.5 Å². The fourth-order valence-corrected chi connectivity index (χ4v) is 3.72. The zero-order valence-electron chi connectivity index (χ0n) is 13.3.